The van der Waals surface area contributed by atoms with Gasteiger partial charge in [-0.2, -0.15) is 0 Å². The molecule has 1 atom stereocenters. The molecule has 1 heteroatoms. The van der Waals surface area contributed by atoms with Crippen LogP contribution in [0.25, 0.3) is 0 Å². The summed E-state index contributed by atoms with van der Waals surface area (Å²) in [6, 6.07) is 0. The number of hydrogen-bond acceptors (Lipinski definition) is 0. The van der Waals surface area contributed by atoms with Crippen LogP contribution in [0.3, 0.4) is 0 Å². The third-order valence-electron chi connectivity index (χ3n) is 8.49. The molecule has 0 heterocycles. The van der Waals surface area contributed by atoms with E-state index < -0.39 is 0 Å². The average molecular weight is 586 g/mol. The summed E-state index contributed by atoms with van der Waals surface area (Å²) >= 11 is 3.96. The Kier molecular flexibility index (Phi) is 35.0. The fraction of sp³-hybridized carbons (Fsp3) is 1.00. The lowest BCUT2D eigenvalue weighted by molar-refractivity contribution is 0.516. The second kappa shape index (κ2) is 34.5. The summed E-state index contributed by atoms with van der Waals surface area (Å²) in [5, 5.41) is 0. The molecule has 224 valence electrons. The van der Waals surface area contributed by atoms with Crippen LogP contribution in [0.1, 0.15) is 226 Å². The zero-order valence-corrected chi connectivity index (χ0v) is 27.9. The third kappa shape index (κ3) is 34.5. The molecule has 37 heavy (non-hydrogen) atoms. The van der Waals surface area contributed by atoms with Crippen LogP contribution in [-0.2, 0) is 0 Å². The predicted octanol–water partition coefficient (Wildman–Crippen LogP) is 14.7. The van der Waals surface area contributed by atoms with Gasteiger partial charge in [0.2, 0.25) is 0 Å². The van der Waals surface area contributed by atoms with Crippen molar-refractivity contribution in [1.82, 2.24) is 0 Å². The smallest absolute Gasteiger partial charge is 0.0145 e. The first-order chi connectivity index (χ1) is 18.3. The standard InChI is InChI=1S/C36H73Br/c1-3-5-7-9-11-13-15-17-19-21-23-25-27-29-31-33-35-36(37)34-32-30-28-26-24-22-20-18-16-14-12-10-8-6-4-2/h36H,3-35H2,1-2H3. The molecular formula is C36H73Br. The zero-order valence-electron chi connectivity index (χ0n) is 26.3. The molecule has 0 amide bonds. The van der Waals surface area contributed by atoms with Crippen LogP contribution in [0.2, 0.25) is 0 Å². The Hall–Kier alpha value is 0.480. The first-order valence-corrected chi connectivity index (χ1v) is 18.9. The van der Waals surface area contributed by atoms with Gasteiger partial charge < -0.3 is 0 Å². The van der Waals surface area contributed by atoms with Crippen LogP contribution in [0, 0.1) is 0 Å². The Morgan fingerprint density at radius 2 is 0.432 bits per heavy atom. The number of halogens is 1. The summed E-state index contributed by atoms with van der Waals surface area (Å²) in [4.78, 5) is 0.779. The lowest BCUT2D eigenvalue weighted by Crippen LogP contribution is -1.98. The monoisotopic (exact) mass is 584 g/mol. The summed E-state index contributed by atoms with van der Waals surface area (Å²) in [5.41, 5.74) is 0. The van der Waals surface area contributed by atoms with Crippen molar-refractivity contribution in [3.63, 3.8) is 0 Å². The van der Waals surface area contributed by atoms with Crippen LogP contribution in [-0.4, -0.2) is 4.83 Å². The first-order valence-electron chi connectivity index (χ1n) is 17.9. The second-order valence-electron chi connectivity index (χ2n) is 12.4. The minimum absolute atomic E-state index is 0.779. The van der Waals surface area contributed by atoms with Crippen molar-refractivity contribution in [2.45, 2.75) is 231 Å². The van der Waals surface area contributed by atoms with E-state index in [1.54, 1.807) is 0 Å². The van der Waals surface area contributed by atoms with Crippen LogP contribution in [0.15, 0.2) is 0 Å². The zero-order chi connectivity index (χ0) is 26.9. The summed E-state index contributed by atoms with van der Waals surface area (Å²) in [6.45, 7) is 4.61. The molecule has 0 bridgehead atoms. The van der Waals surface area contributed by atoms with Gasteiger partial charge in [0.15, 0.2) is 0 Å². The summed E-state index contributed by atoms with van der Waals surface area (Å²) in [6.07, 6.45) is 48.2. The van der Waals surface area contributed by atoms with Crippen LogP contribution in [0.5, 0.6) is 0 Å². The summed E-state index contributed by atoms with van der Waals surface area (Å²) < 4.78 is 0. The summed E-state index contributed by atoms with van der Waals surface area (Å²) in [7, 11) is 0. The third-order valence-corrected chi connectivity index (χ3v) is 9.41. The van der Waals surface area contributed by atoms with E-state index in [9.17, 15) is 0 Å². The molecule has 0 aromatic rings. The fourth-order valence-electron chi connectivity index (χ4n) is 5.80. The molecule has 0 aliphatic heterocycles. The molecule has 0 spiro atoms. The molecule has 0 saturated carbocycles. The normalized spacial score (nSPS) is 12.4. The maximum Gasteiger partial charge on any atom is 0.0145 e. The van der Waals surface area contributed by atoms with Crippen molar-refractivity contribution in [1.29, 1.82) is 0 Å². The van der Waals surface area contributed by atoms with E-state index in [4.69, 9.17) is 0 Å². The van der Waals surface area contributed by atoms with Crippen molar-refractivity contribution in [3.05, 3.63) is 0 Å². The Bertz CT molecular complexity index is 379. The molecule has 0 nitrogen and oxygen atoms in total. The Morgan fingerprint density at radius 3 is 0.622 bits per heavy atom. The van der Waals surface area contributed by atoms with Gasteiger partial charge in [-0.1, -0.05) is 229 Å². The van der Waals surface area contributed by atoms with E-state index in [-0.39, 0.29) is 0 Å². The van der Waals surface area contributed by atoms with Crippen molar-refractivity contribution in [3.8, 4) is 0 Å². The van der Waals surface area contributed by atoms with Crippen LogP contribution < -0.4 is 0 Å². The summed E-state index contributed by atoms with van der Waals surface area (Å²) in [5.74, 6) is 0. The van der Waals surface area contributed by atoms with Gasteiger partial charge in [-0.05, 0) is 12.8 Å². The van der Waals surface area contributed by atoms with E-state index in [2.05, 4.69) is 29.8 Å². The molecule has 0 aromatic carbocycles. The van der Waals surface area contributed by atoms with E-state index in [1.165, 1.54) is 212 Å². The SMILES string of the molecule is CCCCCCCCCCCCCCCCCCC(Br)CCCCCCCCCCCCCCCCC. The van der Waals surface area contributed by atoms with E-state index >= 15 is 0 Å². The molecule has 0 saturated heterocycles. The van der Waals surface area contributed by atoms with Gasteiger partial charge >= 0.3 is 0 Å². The number of hydrogen-bond donors (Lipinski definition) is 0. The maximum atomic E-state index is 3.96. The number of rotatable bonds is 33. The highest BCUT2D eigenvalue weighted by Crippen LogP contribution is 2.20. The topological polar surface area (TPSA) is 0 Å². The van der Waals surface area contributed by atoms with Gasteiger partial charge in [-0.3, -0.25) is 0 Å². The van der Waals surface area contributed by atoms with Crippen LogP contribution in [0.4, 0.5) is 0 Å². The molecule has 0 aliphatic rings. The Balaban J connectivity index is 3.13. The highest BCUT2D eigenvalue weighted by Gasteiger charge is 2.04. The predicted molar refractivity (Wildman–Crippen MR) is 176 cm³/mol. The van der Waals surface area contributed by atoms with Gasteiger partial charge in [-0.15, -0.1) is 0 Å². The second-order valence-corrected chi connectivity index (χ2v) is 13.7. The van der Waals surface area contributed by atoms with Crippen molar-refractivity contribution in [2.75, 3.05) is 0 Å². The molecule has 0 rings (SSSR count). The highest BCUT2D eigenvalue weighted by atomic mass is 79.9. The molecule has 0 radical (unpaired) electrons. The first kappa shape index (κ1) is 37.5. The minimum Gasteiger partial charge on any atom is -0.0891 e. The number of unbranched alkanes of at least 4 members (excludes halogenated alkanes) is 29. The maximum absolute atomic E-state index is 3.96. The molecule has 0 N–H and O–H groups in total. The van der Waals surface area contributed by atoms with Gasteiger partial charge in [0.1, 0.15) is 0 Å². The lowest BCUT2D eigenvalue weighted by Gasteiger charge is -2.09. The van der Waals surface area contributed by atoms with Crippen molar-refractivity contribution < 1.29 is 0 Å². The fourth-order valence-corrected chi connectivity index (χ4v) is 6.44. The van der Waals surface area contributed by atoms with Gasteiger partial charge in [-0.25, -0.2) is 0 Å². The Morgan fingerprint density at radius 1 is 0.270 bits per heavy atom. The molecular weight excluding hydrogens is 512 g/mol. The molecule has 0 aromatic heterocycles. The van der Waals surface area contributed by atoms with E-state index in [1.807, 2.05) is 0 Å². The largest absolute Gasteiger partial charge is 0.0891 e. The quantitative estimate of drug-likeness (QED) is 0.0531. The molecule has 0 aliphatic carbocycles. The minimum atomic E-state index is 0.779. The van der Waals surface area contributed by atoms with E-state index in [0.717, 1.165) is 4.83 Å². The molecule has 0 fully saturated rings. The van der Waals surface area contributed by atoms with Crippen molar-refractivity contribution >= 4 is 15.9 Å². The Labute approximate surface area is 245 Å². The van der Waals surface area contributed by atoms with Crippen LogP contribution >= 0.6 is 15.9 Å². The van der Waals surface area contributed by atoms with E-state index in [0.29, 0.717) is 0 Å². The van der Waals surface area contributed by atoms with Crippen molar-refractivity contribution in [2.24, 2.45) is 0 Å². The van der Waals surface area contributed by atoms with Gasteiger partial charge in [0, 0.05) is 4.83 Å². The highest BCUT2D eigenvalue weighted by molar-refractivity contribution is 9.09. The van der Waals surface area contributed by atoms with Gasteiger partial charge in [0.05, 0.1) is 0 Å². The molecule has 1 unspecified atom stereocenters. The average Bonchev–Trinajstić information content (AvgIpc) is 2.90. The van der Waals surface area contributed by atoms with Gasteiger partial charge in [0.25, 0.3) is 0 Å². The number of alkyl halides is 1. The lowest BCUT2D eigenvalue weighted by atomic mass is 10.0.